The van der Waals surface area contributed by atoms with Gasteiger partial charge >= 0.3 is 0 Å². The second-order valence-electron chi connectivity index (χ2n) is 13.5. The first-order valence-electron chi connectivity index (χ1n) is 16.8. The summed E-state index contributed by atoms with van der Waals surface area (Å²) in [5.74, 6) is -1.05. The van der Waals surface area contributed by atoms with Crippen LogP contribution in [-0.2, 0) is 33.9 Å². The van der Waals surface area contributed by atoms with Crippen molar-refractivity contribution in [1.82, 2.24) is 35.3 Å². The molecule has 50 heavy (non-hydrogen) atoms. The Morgan fingerprint density at radius 3 is 2.70 bits per heavy atom. The molecule has 2 aromatic carbocycles. The van der Waals surface area contributed by atoms with Crippen LogP contribution in [0.15, 0.2) is 54.9 Å². The zero-order valence-electron chi connectivity index (χ0n) is 27.8. The van der Waals surface area contributed by atoms with Crippen molar-refractivity contribution in [2.75, 3.05) is 6.54 Å². The first kappa shape index (κ1) is 33.5. The topological polar surface area (TPSA) is 139 Å². The number of Topliss-reactive ketones (excluding diaryl/α,β-unsaturated/α-hetero) is 1. The molecule has 2 bridgehead atoms. The molecule has 1 aliphatic carbocycles. The van der Waals surface area contributed by atoms with Gasteiger partial charge in [0, 0.05) is 66.8 Å². The highest BCUT2D eigenvalue weighted by Gasteiger charge is 2.67. The Balaban J connectivity index is 1.27. The molecular formula is C37H37ClFN7O4. The van der Waals surface area contributed by atoms with Gasteiger partial charge in [-0.25, -0.2) is 14.4 Å². The van der Waals surface area contributed by atoms with E-state index in [-0.39, 0.29) is 53.0 Å². The molecule has 13 heteroatoms. The van der Waals surface area contributed by atoms with E-state index in [1.807, 2.05) is 31.2 Å². The third-order valence-electron chi connectivity index (χ3n) is 10.1. The summed E-state index contributed by atoms with van der Waals surface area (Å²) in [6, 6.07) is 7.36. The van der Waals surface area contributed by atoms with Crippen molar-refractivity contribution in [2.45, 2.75) is 77.5 Å². The average molecular weight is 698 g/mol. The van der Waals surface area contributed by atoms with Crippen LogP contribution in [0.25, 0.3) is 22.0 Å². The predicted molar refractivity (Wildman–Crippen MR) is 185 cm³/mol. The van der Waals surface area contributed by atoms with E-state index in [1.54, 1.807) is 34.1 Å². The Hall–Kier alpha value is -4.97. The van der Waals surface area contributed by atoms with Gasteiger partial charge in [0.25, 0.3) is 0 Å². The number of ketones is 1. The Labute approximate surface area is 293 Å². The van der Waals surface area contributed by atoms with E-state index in [0.717, 1.165) is 16.7 Å². The van der Waals surface area contributed by atoms with Gasteiger partial charge in [-0.1, -0.05) is 35.9 Å². The molecule has 4 aromatic rings. The van der Waals surface area contributed by atoms with Gasteiger partial charge in [-0.05, 0) is 68.4 Å². The average Bonchev–Trinajstić information content (AvgIpc) is 3.50. The van der Waals surface area contributed by atoms with Crippen LogP contribution in [0.2, 0.25) is 5.02 Å². The lowest BCUT2D eigenvalue weighted by molar-refractivity contribution is -0.140. The summed E-state index contributed by atoms with van der Waals surface area (Å²) < 4.78 is 16.2. The number of aryl methyl sites for hydroxylation is 1. The van der Waals surface area contributed by atoms with Gasteiger partial charge in [-0.2, -0.15) is 5.10 Å². The molecule has 2 N–H and O–H groups in total. The summed E-state index contributed by atoms with van der Waals surface area (Å²) in [6.07, 6.45) is 10.7. The van der Waals surface area contributed by atoms with E-state index in [2.05, 4.69) is 25.7 Å². The van der Waals surface area contributed by atoms with Gasteiger partial charge in [0.2, 0.25) is 17.7 Å². The Kier molecular flexibility index (Phi) is 8.98. The SMILES string of the molecule is CC(=O)c1nn2c3c(cc(-c4cnc(C)nc4)cc13)CC=CCCCC(=O)NC[C@@]13C[C@@H](C(=O)NCc4cccc(Cl)c4F)N(C(=O)C2)[C@@H]1C3. The number of carbonyl (C=O) groups excluding carboxylic acids is 4. The quantitative estimate of drug-likeness (QED) is 0.224. The first-order valence-corrected chi connectivity index (χ1v) is 17.2. The molecule has 0 radical (unpaired) electrons. The van der Waals surface area contributed by atoms with Gasteiger partial charge in [-0.15, -0.1) is 0 Å². The van der Waals surface area contributed by atoms with Crippen molar-refractivity contribution in [1.29, 1.82) is 0 Å². The molecule has 11 nitrogen and oxygen atoms in total. The molecule has 0 unspecified atom stereocenters. The number of rotatable bonds is 5. The normalized spacial score (nSPS) is 22.2. The first-order chi connectivity index (χ1) is 24.0. The van der Waals surface area contributed by atoms with Crippen LogP contribution in [0.5, 0.6) is 0 Å². The molecule has 3 aliphatic rings. The molecule has 1 saturated carbocycles. The Bertz CT molecular complexity index is 2060. The van der Waals surface area contributed by atoms with Crippen LogP contribution < -0.4 is 10.6 Å². The molecule has 4 heterocycles. The van der Waals surface area contributed by atoms with Crippen molar-refractivity contribution in [2.24, 2.45) is 5.41 Å². The number of aromatic nitrogens is 4. The van der Waals surface area contributed by atoms with E-state index in [1.165, 1.54) is 13.0 Å². The summed E-state index contributed by atoms with van der Waals surface area (Å²) in [4.78, 5) is 64.2. The number of nitrogens with one attached hydrogen (secondary N) is 2. The molecule has 3 atom stereocenters. The summed E-state index contributed by atoms with van der Waals surface area (Å²) >= 11 is 5.95. The van der Waals surface area contributed by atoms with Gasteiger partial charge in [0.15, 0.2) is 5.78 Å². The number of benzene rings is 2. The maximum Gasteiger partial charge on any atom is 0.245 e. The second kappa shape index (κ2) is 13.4. The molecule has 2 fully saturated rings. The molecule has 0 spiro atoms. The highest BCUT2D eigenvalue weighted by molar-refractivity contribution is 6.30. The van der Waals surface area contributed by atoms with Gasteiger partial charge in [0.1, 0.15) is 29.9 Å². The highest BCUT2D eigenvalue weighted by atomic mass is 35.5. The van der Waals surface area contributed by atoms with E-state index < -0.39 is 23.2 Å². The molecule has 1 saturated heterocycles. The van der Waals surface area contributed by atoms with Gasteiger partial charge < -0.3 is 15.5 Å². The molecule has 7 rings (SSSR count). The van der Waals surface area contributed by atoms with Crippen molar-refractivity contribution in [3.8, 4) is 11.1 Å². The van der Waals surface area contributed by atoms with Crippen molar-refractivity contribution in [3.63, 3.8) is 0 Å². The monoisotopic (exact) mass is 697 g/mol. The fourth-order valence-corrected chi connectivity index (χ4v) is 7.57. The number of amides is 3. The van der Waals surface area contributed by atoms with Crippen molar-refractivity contribution >= 4 is 46.0 Å². The Morgan fingerprint density at radius 1 is 1.12 bits per heavy atom. The number of hydrogen-bond donors (Lipinski definition) is 2. The van der Waals surface area contributed by atoms with E-state index in [4.69, 9.17) is 11.6 Å². The maximum absolute atomic E-state index is 14.6. The number of halogens is 2. The largest absolute Gasteiger partial charge is 0.355 e. The molecule has 258 valence electrons. The zero-order chi connectivity index (χ0) is 35.2. The van der Waals surface area contributed by atoms with Crippen LogP contribution in [0.4, 0.5) is 4.39 Å². The van der Waals surface area contributed by atoms with Crippen LogP contribution in [-0.4, -0.2) is 66.8 Å². The van der Waals surface area contributed by atoms with Crippen molar-refractivity contribution < 1.29 is 23.6 Å². The third-order valence-corrected chi connectivity index (χ3v) is 10.4. The number of nitrogens with zero attached hydrogens (tertiary/aromatic N) is 5. The smallest absolute Gasteiger partial charge is 0.245 e. The van der Waals surface area contributed by atoms with Gasteiger partial charge in [-0.3, -0.25) is 23.9 Å². The summed E-state index contributed by atoms with van der Waals surface area (Å²) in [5.41, 5.74) is 3.12. The second-order valence-corrected chi connectivity index (χ2v) is 13.9. The van der Waals surface area contributed by atoms with Crippen LogP contribution in [0.1, 0.15) is 66.5 Å². The minimum Gasteiger partial charge on any atom is -0.355 e. The lowest BCUT2D eigenvalue weighted by atomic mass is 9.98. The predicted octanol–water partition coefficient (Wildman–Crippen LogP) is 4.87. The lowest BCUT2D eigenvalue weighted by Crippen LogP contribution is -2.48. The molecular weight excluding hydrogens is 661 g/mol. The third kappa shape index (κ3) is 6.39. The minimum atomic E-state index is -0.844. The summed E-state index contributed by atoms with van der Waals surface area (Å²) in [6.45, 7) is 3.29. The molecule has 2 aliphatic heterocycles. The van der Waals surface area contributed by atoms with E-state index in [0.29, 0.717) is 61.8 Å². The van der Waals surface area contributed by atoms with E-state index in [9.17, 15) is 23.6 Å². The van der Waals surface area contributed by atoms with Crippen LogP contribution in [0.3, 0.4) is 0 Å². The number of allylic oxidation sites excluding steroid dienone is 2. The molecule has 3 amide bonds. The lowest BCUT2D eigenvalue weighted by Gasteiger charge is -2.27. The number of piperidine rings is 1. The zero-order valence-corrected chi connectivity index (χ0v) is 28.6. The fourth-order valence-electron chi connectivity index (χ4n) is 7.38. The molecule has 2 aromatic heterocycles. The number of hydrogen-bond acceptors (Lipinski definition) is 7. The standard InChI is InChI=1S/C37H37ClFN7O4/c1-21(47)34-27-13-25(26-17-40-22(2)41-18-26)12-23-8-5-3-4-6-11-31(48)43-20-37-14-29(36(50)42-16-24-9-7-10-28(38)33(24)39)46(30(37)15-37)32(49)19-45(44-34)35(23)27/h3,5,7,9-10,12-13,17-18,29-30H,4,6,8,11,14-16,19-20H2,1-2H3,(H,42,50)(H,43,48)/t29-,30+,37-/m0/s1. The minimum absolute atomic E-state index is 0.0458. The summed E-state index contributed by atoms with van der Waals surface area (Å²) in [5, 5.41) is 11.1. The summed E-state index contributed by atoms with van der Waals surface area (Å²) in [7, 11) is 0. The van der Waals surface area contributed by atoms with Crippen LogP contribution >= 0.6 is 11.6 Å². The van der Waals surface area contributed by atoms with Crippen molar-refractivity contribution in [3.05, 3.63) is 88.4 Å². The Morgan fingerprint density at radius 2 is 1.92 bits per heavy atom. The number of carbonyl (C=O) groups is 4. The highest BCUT2D eigenvalue weighted by Crippen LogP contribution is 2.59. The maximum atomic E-state index is 14.6. The van der Waals surface area contributed by atoms with Crippen LogP contribution in [0, 0.1) is 18.2 Å². The van der Waals surface area contributed by atoms with Gasteiger partial charge in [0.05, 0.1) is 10.5 Å². The van der Waals surface area contributed by atoms with E-state index >= 15 is 0 Å². The fraction of sp³-hybridized carbons (Fsp3) is 0.378.